The maximum absolute atomic E-state index is 6.61. The quantitative estimate of drug-likeness (QED) is 0.491. The van der Waals surface area contributed by atoms with Crippen molar-refractivity contribution in [1.82, 2.24) is 19.5 Å². The fourth-order valence-corrected chi connectivity index (χ4v) is 4.89. The number of hydrogen-bond acceptors (Lipinski definition) is 6. The van der Waals surface area contributed by atoms with Gasteiger partial charge in [0.1, 0.15) is 11.8 Å². The zero-order valence-electron chi connectivity index (χ0n) is 21.5. The van der Waals surface area contributed by atoms with Gasteiger partial charge in [-0.15, -0.1) is 0 Å². The van der Waals surface area contributed by atoms with Crippen LogP contribution in [0.2, 0.25) is 36.3 Å². The zero-order chi connectivity index (χ0) is 23.7. The summed E-state index contributed by atoms with van der Waals surface area (Å²) in [4.78, 5) is 13.3. The van der Waals surface area contributed by atoms with Gasteiger partial charge in [-0.3, -0.25) is 0 Å². The normalized spacial score (nSPS) is 13.9. The SMILES string of the molecule is CNc1ncnc2c1ncn2CC(CO[Si](C)(C)C(C)(C)C)CO[Si](C)(C)C(C)(C)C. The lowest BCUT2D eigenvalue weighted by Crippen LogP contribution is -2.45. The molecule has 7 nitrogen and oxygen atoms in total. The summed E-state index contributed by atoms with van der Waals surface area (Å²) in [6.45, 7) is 25.0. The van der Waals surface area contributed by atoms with Gasteiger partial charge in [0.2, 0.25) is 0 Å². The molecule has 0 bridgehead atoms. The summed E-state index contributed by atoms with van der Waals surface area (Å²) in [7, 11) is -1.86. The Balaban J connectivity index is 2.25. The molecule has 2 aromatic heterocycles. The van der Waals surface area contributed by atoms with Gasteiger partial charge in [0.05, 0.1) is 6.33 Å². The molecule has 2 rings (SSSR count). The first-order valence-corrected chi connectivity index (χ1v) is 17.0. The van der Waals surface area contributed by atoms with E-state index in [2.05, 4.69) is 92.6 Å². The Labute approximate surface area is 190 Å². The third-order valence-electron chi connectivity index (χ3n) is 7.07. The van der Waals surface area contributed by atoms with Crippen LogP contribution in [0.15, 0.2) is 12.7 Å². The summed E-state index contributed by atoms with van der Waals surface area (Å²) >= 11 is 0. The Morgan fingerprint density at radius 1 is 0.903 bits per heavy atom. The first kappa shape index (κ1) is 26.0. The van der Waals surface area contributed by atoms with Crippen LogP contribution in [-0.4, -0.2) is 56.4 Å². The van der Waals surface area contributed by atoms with E-state index in [0.717, 1.165) is 23.5 Å². The molecule has 1 N–H and O–H groups in total. The number of anilines is 1. The summed E-state index contributed by atoms with van der Waals surface area (Å²) in [6.07, 6.45) is 3.44. The van der Waals surface area contributed by atoms with E-state index in [-0.39, 0.29) is 16.0 Å². The van der Waals surface area contributed by atoms with Crippen LogP contribution in [0, 0.1) is 5.92 Å². The molecule has 0 atom stereocenters. The summed E-state index contributed by atoms with van der Waals surface area (Å²) in [5.74, 6) is 0.962. The summed E-state index contributed by atoms with van der Waals surface area (Å²) < 4.78 is 15.3. The van der Waals surface area contributed by atoms with Crippen LogP contribution in [0.3, 0.4) is 0 Å². The highest BCUT2D eigenvalue weighted by atomic mass is 28.4. The predicted octanol–water partition coefficient (Wildman–Crippen LogP) is 5.53. The second-order valence-electron chi connectivity index (χ2n) is 11.6. The van der Waals surface area contributed by atoms with E-state index in [1.807, 2.05) is 13.4 Å². The van der Waals surface area contributed by atoms with Crippen molar-refractivity contribution in [2.24, 2.45) is 5.92 Å². The molecule has 0 amide bonds. The lowest BCUT2D eigenvalue weighted by Gasteiger charge is -2.39. The second kappa shape index (κ2) is 9.29. The largest absolute Gasteiger partial charge is 0.416 e. The molecular weight excluding hydrogens is 422 g/mol. The number of imidazole rings is 1. The maximum Gasteiger partial charge on any atom is 0.191 e. The summed E-state index contributed by atoms with van der Waals surface area (Å²) in [5, 5.41) is 3.44. The number of nitrogens with one attached hydrogen (secondary N) is 1. The third-order valence-corrected chi connectivity index (χ3v) is 16.1. The lowest BCUT2D eigenvalue weighted by molar-refractivity contribution is 0.145. The number of aromatic nitrogens is 4. The zero-order valence-corrected chi connectivity index (χ0v) is 23.5. The van der Waals surface area contributed by atoms with Crippen LogP contribution in [-0.2, 0) is 15.4 Å². The average Bonchev–Trinajstić information content (AvgIpc) is 3.05. The molecule has 31 heavy (non-hydrogen) atoms. The minimum Gasteiger partial charge on any atom is -0.416 e. The molecule has 2 aromatic rings. The van der Waals surface area contributed by atoms with Gasteiger partial charge in [0.15, 0.2) is 28.1 Å². The molecule has 0 unspecified atom stereocenters. The van der Waals surface area contributed by atoms with Crippen molar-refractivity contribution in [3.05, 3.63) is 12.7 Å². The average molecular weight is 466 g/mol. The molecule has 176 valence electrons. The topological polar surface area (TPSA) is 74.1 Å². The van der Waals surface area contributed by atoms with Crippen molar-refractivity contribution in [2.75, 3.05) is 25.6 Å². The van der Waals surface area contributed by atoms with Crippen LogP contribution in [0.25, 0.3) is 11.2 Å². The van der Waals surface area contributed by atoms with Gasteiger partial charge >= 0.3 is 0 Å². The minimum absolute atomic E-state index is 0.175. The molecule has 9 heteroatoms. The molecule has 0 aliphatic carbocycles. The second-order valence-corrected chi connectivity index (χ2v) is 21.2. The van der Waals surface area contributed by atoms with Gasteiger partial charge in [0.25, 0.3) is 0 Å². The van der Waals surface area contributed by atoms with Gasteiger partial charge in [-0.05, 0) is 36.3 Å². The Kier molecular flexibility index (Phi) is 7.78. The Bertz CT molecular complexity index is 839. The number of nitrogens with zero attached hydrogens (tertiary/aromatic N) is 4. The highest BCUT2D eigenvalue weighted by Crippen LogP contribution is 2.38. The maximum atomic E-state index is 6.61. The van der Waals surface area contributed by atoms with Crippen LogP contribution < -0.4 is 5.32 Å². The van der Waals surface area contributed by atoms with Crippen molar-refractivity contribution >= 4 is 33.6 Å². The van der Waals surface area contributed by atoms with Crippen LogP contribution in [0.1, 0.15) is 41.5 Å². The first-order chi connectivity index (χ1) is 14.1. The molecule has 0 aliphatic rings. The van der Waals surface area contributed by atoms with Gasteiger partial charge in [0, 0.05) is 32.7 Å². The van der Waals surface area contributed by atoms with E-state index in [9.17, 15) is 0 Å². The van der Waals surface area contributed by atoms with E-state index in [0.29, 0.717) is 13.2 Å². The van der Waals surface area contributed by atoms with E-state index in [1.54, 1.807) is 6.33 Å². The van der Waals surface area contributed by atoms with E-state index < -0.39 is 16.6 Å². The fraction of sp³-hybridized carbons (Fsp3) is 0.773. The first-order valence-electron chi connectivity index (χ1n) is 11.2. The summed E-state index contributed by atoms with van der Waals surface area (Å²) in [6, 6.07) is 0. The van der Waals surface area contributed by atoms with Crippen molar-refractivity contribution in [2.45, 2.75) is 84.4 Å². The molecule has 0 aliphatic heterocycles. The molecule has 2 heterocycles. The Morgan fingerprint density at radius 3 is 1.87 bits per heavy atom. The van der Waals surface area contributed by atoms with E-state index in [4.69, 9.17) is 8.85 Å². The highest BCUT2D eigenvalue weighted by molar-refractivity contribution is 6.74. The number of hydrogen-bond donors (Lipinski definition) is 1. The standard InChI is InChI=1S/C22H43N5O2Si2/c1-21(2,3)30(8,9)28-13-17(14-29-31(10,11)22(4,5)6)12-27-16-26-18-19(23-7)24-15-25-20(18)27/h15-17H,12-14H2,1-11H3,(H,23,24,25). The fourth-order valence-electron chi connectivity index (χ4n) is 2.71. The predicted molar refractivity (Wildman–Crippen MR) is 135 cm³/mol. The van der Waals surface area contributed by atoms with Crippen molar-refractivity contribution < 1.29 is 8.85 Å². The smallest absolute Gasteiger partial charge is 0.191 e. The molecule has 0 radical (unpaired) electrons. The van der Waals surface area contributed by atoms with Crippen molar-refractivity contribution in [3.63, 3.8) is 0 Å². The molecule has 0 saturated carbocycles. The van der Waals surface area contributed by atoms with Crippen LogP contribution in [0.4, 0.5) is 5.82 Å². The third kappa shape index (κ3) is 6.15. The Hall–Kier alpha value is -1.30. The monoisotopic (exact) mass is 465 g/mol. The Morgan fingerprint density at radius 2 is 1.42 bits per heavy atom. The minimum atomic E-state index is -1.85. The van der Waals surface area contributed by atoms with Crippen LogP contribution in [0.5, 0.6) is 0 Å². The molecule has 0 spiro atoms. The van der Waals surface area contributed by atoms with E-state index >= 15 is 0 Å². The molecular formula is C22H43N5O2Si2. The highest BCUT2D eigenvalue weighted by Gasteiger charge is 2.39. The van der Waals surface area contributed by atoms with E-state index in [1.165, 1.54) is 0 Å². The van der Waals surface area contributed by atoms with Gasteiger partial charge in [-0.25, -0.2) is 15.0 Å². The van der Waals surface area contributed by atoms with Crippen molar-refractivity contribution in [3.8, 4) is 0 Å². The van der Waals surface area contributed by atoms with Gasteiger partial charge in [-0.2, -0.15) is 0 Å². The molecule has 0 aromatic carbocycles. The lowest BCUT2D eigenvalue weighted by atomic mass is 10.2. The van der Waals surface area contributed by atoms with Gasteiger partial charge in [-0.1, -0.05) is 41.5 Å². The number of rotatable bonds is 9. The molecule has 0 saturated heterocycles. The van der Waals surface area contributed by atoms with Crippen LogP contribution >= 0.6 is 0 Å². The number of fused-ring (bicyclic) bond motifs is 1. The molecule has 0 fully saturated rings. The van der Waals surface area contributed by atoms with Gasteiger partial charge < -0.3 is 18.7 Å². The van der Waals surface area contributed by atoms with Crippen molar-refractivity contribution in [1.29, 1.82) is 0 Å². The summed E-state index contributed by atoms with van der Waals surface area (Å²) in [5.41, 5.74) is 1.63.